The summed E-state index contributed by atoms with van der Waals surface area (Å²) in [6.07, 6.45) is -2.13. The number of carbonyl (C=O) groups is 2. The van der Waals surface area contributed by atoms with Gasteiger partial charge in [-0.2, -0.15) is 8.78 Å². The van der Waals surface area contributed by atoms with Crippen LogP contribution in [0.15, 0.2) is 0 Å². The fourth-order valence-corrected chi connectivity index (χ4v) is 2.43. The van der Waals surface area contributed by atoms with Gasteiger partial charge < -0.3 is 4.90 Å². The number of rotatable bonds is 4. The SMILES string of the molecule is O=C(CBr)C1CCCCCN1C(=O)C(F)(F)C(F)F. The van der Waals surface area contributed by atoms with Crippen LogP contribution in [0, 0.1) is 0 Å². The molecule has 1 rings (SSSR count). The van der Waals surface area contributed by atoms with Crippen LogP contribution >= 0.6 is 15.9 Å². The Hall–Kier alpha value is -0.660. The molecule has 0 N–H and O–H groups in total. The number of Topliss-reactive ketones (excluding diaryl/α,β-unsaturated/α-hetero) is 1. The molecule has 1 aliphatic rings. The lowest BCUT2D eigenvalue weighted by Gasteiger charge is -2.31. The Morgan fingerprint density at radius 3 is 2.42 bits per heavy atom. The first kappa shape index (κ1) is 16.4. The first-order chi connectivity index (χ1) is 8.82. The predicted molar refractivity (Wildman–Crippen MR) is 63.7 cm³/mol. The molecule has 0 aromatic heterocycles. The average Bonchev–Trinajstić information content (AvgIpc) is 2.61. The predicted octanol–water partition coefficient (Wildman–Crippen LogP) is 2.62. The van der Waals surface area contributed by atoms with Crippen LogP contribution in [0.1, 0.15) is 25.7 Å². The van der Waals surface area contributed by atoms with E-state index in [4.69, 9.17) is 0 Å². The zero-order valence-corrected chi connectivity index (χ0v) is 11.6. The number of nitrogens with zero attached hydrogens (tertiary/aromatic N) is 1. The molecule has 1 atom stereocenters. The van der Waals surface area contributed by atoms with Gasteiger partial charge in [-0.3, -0.25) is 9.59 Å². The summed E-state index contributed by atoms with van der Waals surface area (Å²) in [5.41, 5.74) is 0. The molecule has 110 valence electrons. The molecular formula is C11H14BrF4NO2. The van der Waals surface area contributed by atoms with Crippen LogP contribution in [0.4, 0.5) is 17.6 Å². The lowest BCUT2D eigenvalue weighted by molar-refractivity contribution is -0.183. The Kier molecular flexibility index (Phi) is 5.76. The number of likely N-dealkylation sites (tertiary alicyclic amines) is 1. The highest BCUT2D eigenvalue weighted by molar-refractivity contribution is 9.09. The van der Waals surface area contributed by atoms with Crippen molar-refractivity contribution in [3.8, 4) is 0 Å². The Balaban J connectivity index is 2.97. The highest BCUT2D eigenvalue weighted by Crippen LogP contribution is 2.29. The smallest absolute Gasteiger partial charge is 0.327 e. The second-order valence-electron chi connectivity index (χ2n) is 4.39. The van der Waals surface area contributed by atoms with Gasteiger partial charge >= 0.3 is 12.3 Å². The van der Waals surface area contributed by atoms with Crippen LogP contribution in [0.2, 0.25) is 0 Å². The fourth-order valence-electron chi connectivity index (χ4n) is 2.06. The van der Waals surface area contributed by atoms with E-state index < -0.39 is 30.1 Å². The summed E-state index contributed by atoms with van der Waals surface area (Å²) in [5, 5.41) is -0.0955. The van der Waals surface area contributed by atoms with Crippen molar-refractivity contribution in [2.24, 2.45) is 0 Å². The largest absolute Gasteiger partial charge is 0.383 e. The molecule has 1 fully saturated rings. The number of alkyl halides is 5. The molecule has 0 bridgehead atoms. The standard InChI is InChI=1S/C11H14BrF4NO2/c12-6-8(18)7-4-2-1-3-5-17(7)10(19)11(15,16)9(13)14/h7,9H,1-6H2. The topological polar surface area (TPSA) is 37.4 Å². The molecule has 1 saturated heterocycles. The normalized spacial score (nSPS) is 21.4. The van der Waals surface area contributed by atoms with Gasteiger partial charge in [-0.25, -0.2) is 8.78 Å². The maximum absolute atomic E-state index is 13.1. The zero-order valence-electron chi connectivity index (χ0n) is 10.1. The van der Waals surface area contributed by atoms with Gasteiger partial charge in [0.05, 0.1) is 11.4 Å². The second-order valence-corrected chi connectivity index (χ2v) is 4.95. The maximum atomic E-state index is 13.1. The van der Waals surface area contributed by atoms with E-state index in [9.17, 15) is 27.2 Å². The van der Waals surface area contributed by atoms with Crippen molar-refractivity contribution in [3.63, 3.8) is 0 Å². The third-order valence-electron chi connectivity index (χ3n) is 3.08. The summed E-state index contributed by atoms with van der Waals surface area (Å²) >= 11 is 2.91. The van der Waals surface area contributed by atoms with Crippen molar-refractivity contribution >= 4 is 27.6 Å². The van der Waals surface area contributed by atoms with Gasteiger partial charge in [-0.05, 0) is 12.8 Å². The molecular weight excluding hydrogens is 334 g/mol. The number of carbonyl (C=O) groups excluding carboxylic acids is 2. The van der Waals surface area contributed by atoms with E-state index in [2.05, 4.69) is 15.9 Å². The summed E-state index contributed by atoms with van der Waals surface area (Å²) in [6, 6.07) is -1.04. The molecule has 1 amide bonds. The first-order valence-electron chi connectivity index (χ1n) is 5.88. The van der Waals surface area contributed by atoms with Crippen molar-refractivity contribution in [2.75, 3.05) is 11.9 Å². The number of halogens is 5. The highest BCUT2D eigenvalue weighted by atomic mass is 79.9. The zero-order chi connectivity index (χ0) is 14.6. The molecule has 0 saturated carbocycles. The Morgan fingerprint density at radius 2 is 1.89 bits per heavy atom. The van der Waals surface area contributed by atoms with E-state index in [-0.39, 0.29) is 18.3 Å². The first-order valence-corrected chi connectivity index (χ1v) is 7.00. The lowest BCUT2D eigenvalue weighted by atomic mass is 10.1. The number of amides is 1. The average molecular weight is 348 g/mol. The molecule has 3 nitrogen and oxygen atoms in total. The molecule has 0 aliphatic carbocycles. The van der Waals surface area contributed by atoms with Crippen molar-refractivity contribution in [1.82, 2.24) is 4.90 Å². The second kappa shape index (κ2) is 6.67. The van der Waals surface area contributed by atoms with Crippen LogP contribution in [-0.2, 0) is 9.59 Å². The van der Waals surface area contributed by atoms with Gasteiger partial charge in [-0.1, -0.05) is 28.8 Å². The van der Waals surface area contributed by atoms with Crippen molar-refractivity contribution in [3.05, 3.63) is 0 Å². The summed E-state index contributed by atoms with van der Waals surface area (Å²) < 4.78 is 50.7. The molecule has 1 heterocycles. The van der Waals surface area contributed by atoms with Crippen molar-refractivity contribution < 1.29 is 27.2 Å². The highest BCUT2D eigenvalue weighted by Gasteiger charge is 2.52. The van der Waals surface area contributed by atoms with Gasteiger partial charge in [0.2, 0.25) is 0 Å². The van der Waals surface area contributed by atoms with E-state index in [1.165, 1.54) is 0 Å². The maximum Gasteiger partial charge on any atom is 0.383 e. The van der Waals surface area contributed by atoms with E-state index >= 15 is 0 Å². The van der Waals surface area contributed by atoms with Crippen LogP contribution in [-0.4, -0.2) is 46.9 Å². The molecule has 0 aromatic carbocycles. The lowest BCUT2D eigenvalue weighted by Crippen LogP contribution is -2.54. The monoisotopic (exact) mass is 347 g/mol. The van der Waals surface area contributed by atoms with E-state index in [0.717, 1.165) is 0 Å². The Bertz CT molecular complexity index is 352. The third kappa shape index (κ3) is 3.67. The third-order valence-corrected chi connectivity index (χ3v) is 3.63. The molecule has 0 spiro atoms. The van der Waals surface area contributed by atoms with Gasteiger partial charge in [0.25, 0.3) is 5.91 Å². The number of hydrogen-bond donors (Lipinski definition) is 0. The van der Waals surface area contributed by atoms with E-state index in [0.29, 0.717) is 24.2 Å². The van der Waals surface area contributed by atoms with Crippen LogP contribution in [0.25, 0.3) is 0 Å². The molecule has 0 aromatic rings. The van der Waals surface area contributed by atoms with Gasteiger partial charge in [0.15, 0.2) is 5.78 Å². The van der Waals surface area contributed by atoms with E-state index in [1.807, 2.05) is 0 Å². The van der Waals surface area contributed by atoms with Gasteiger partial charge in [0, 0.05) is 6.54 Å². The molecule has 1 unspecified atom stereocenters. The minimum absolute atomic E-state index is 0.0927. The molecule has 0 radical (unpaired) electrons. The summed E-state index contributed by atoms with van der Waals surface area (Å²) in [7, 11) is 0. The van der Waals surface area contributed by atoms with Crippen molar-refractivity contribution in [1.29, 1.82) is 0 Å². The Morgan fingerprint density at radius 1 is 1.26 bits per heavy atom. The van der Waals surface area contributed by atoms with E-state index in [1.54, 1.807) is 0 Å². The van der Waals surface area contributed by atoms with Crippen LogP contribution < -0.4 is 0 Å². The van der Waals surface area contributed by atoms with Crippen LogP contribution in [0.3, 0.4) is 0 Å². The summed E-state index contributed by atoms with van der Waals surface area (Å²) in [4.78, 5) is 23.8. The number of hydrogen-bond acceptors (Lipinski definition) is 2. The van der Waals surface area contributed by atoms with Gasteiger partial charge in [-0.15, -0.1) is 0 Å². The Labute approximate surface area is 116 Å². The summed E-state index contributed by atoms with van der Waals surface area (Å²) in [6.45, 7) is -0.0927. The minimum Gasteiger partial charge on any atom is -0.327 e. The minimum atomic E-state index is -4.74. The molecule has 19 heavy (non-hydrogen) atoms. The summed E-state index contributed by atoms with van der Waals surface area (Å²) in [5.74, 6) is -7.14. The van der Waals surface area contributed by atoms with Gasteiger partial charge in [0.1, 0.15) is 0 Å². The van der Waals surface area contributed by atoms with Crippen LogP contribution in [0.5, 0.6) is 0 Å². The molecule has 8 heteroatoms. The number of ketones is 1. The molecule has 1 aliphatic heterocycles. The quantitative estimate of drug-likeness (QED) is 0.579. The fraction of sp³-hybridized carbons (Fsp3) is 0.818. The van der Waals surface area contributed by atoms with Crippen molar-refractivity contribution in [2.45, 2.75) is 44.1 Å².